The molecule has 29 heavy (non-hydrogen) atoms. The second-order valence-corrected chi connectivity index (χ2v) is 6.62. The zero-order valence-corrected chi connectivity index (χ0v) is 16.2. The van der Waals surface area contributed by atoms with E-state index in [-0.39, 0.29) is 23.6 Å². The van der Waals surface area contributed by atoms with Gasteiger partial charge in [-0.05, 0) is 49.7 Å². The highest BCUT2D eigenvalue weighted by molar-refractivity contribution is 6.01. The lowest BCUT2D eigenvalue weighted by molar-refractivity contribution is -0.116. The molecular weight excluding hydrogens is 376 g/mol. The van der Waals surface area contributed by atoms with Crippen LogP contribution in [-0.4, -0.2) is 54.1 Å². The smallest absolute Gasteiger partial charge is 0.335 e. The van der Waals surface area contributed by atoms with E-state index in [4.69, 9.17) is 9.47 Å². The molecule has 3 rings (SSSR count). The van der Waals surface area contributed by atoms with E-state index < -0.39 is 11.9 Å². The van der Waals surface area contributed by atoms with Crippen molar-refractivity contribution >= 4 is 23.5 Å². The number of carbonyl (C=O) groups excluding carboxylic acids is 2. The number of rotatable bonds is 6. The average molecular weight is 398 g/mol. The first kappa shape index (κ1) is 20.2. The van der Waals surface area contributed by atoms with E-state index in [0.29, 0.717) is 42.5 Å². The summed E-state index contributed by atoms with van der Waals surface area (Å²) in [7, 11) is 0. The highest BCUT2D eigenvalue weighted by atomic mass is 16.6. The van der Waals surface area contributed by atoms with Crippen LogP contribution in [0.4, 0.5) is 5.69 Å². The molecule has 152 valence electrons. The van der Waals surface area contributed by atoms with Gasteiger partial charge >= 0.3 is 5.97 Å². The number of benzene rings is 2. The quantitative estimate of drug-likeness (QED) is 0.775. The van der Waals surface area contributed by atoms with Crippen molar-refractivity contribution in [2.75, 3.05) is 31.6 Å². The van der Waals surface area contributed by atoms with E-state index in [1.165, 1.54) is 17.0 Å². The topological polar surface area (TPSA) is 105 Å². The van der Waals surface area contributed by atoms with Crippen LogP contribution < -0.4 is 14.8 Å². The third-order valence-electron chi connectivity index (χ3n) is 4.40. The fourth-order valence-corrected chi connectivity index (χ4v) is 3.03. The number of amides is 2. The number of carboxylic acid groups (broad SMARTS) is 1. The van der Waals surface area contributed by atoms with Crippen LogP contribution in [0.15, 0.2) is 36.4 Å². The Morgan fingerprint density at radius 2 is 1.72 bits per heavy atom. The van der Waals surface area contributed by atoms with Crippen molar-refractivity contribution < 1.29 is 29.0 Å². The standard InChI is InChI=1S/C21H22N2O6/c1-3-23(20(25)14-8-13(2)9-15(10-14)21(26)27)12-19(24)22-16-4-5-17-18(11-16)29-7-6-28-17/h4-5,8-11H,3,6-7,12H2,1-2H3,(H,22,24)(H,26,27). The Bertz CT molecular complexity index is 956. The van der Waals surface area contributed by atoms with Crippen molar-refractivity contribution in [1.82, 2.24) is 4.90 Å². The van der Waals surface area contributed by atoms with Gasteiger partial charge < -0.3 is 24.8 Å². The summed E-state index contributed by atoms with van der Waals surface area (Å²) >= 11 is 0. The number of fused-ring (bicyclic) bond motifs is 1. The SMILES string of the molecule is CCN(CC(=O)Nc1ccc2c(c1)OCCO2)C(=O)c1cc(C)cc(C(=O)O)c1. The Kier molecular flexibility index (Phi) is 6.01. The Balaban J connectivity index is 1.70. The first-order valence-corrected chi connectivity index (χ1v) is 9.21. The molecule has 8 nitrogen and oxygen atoms in total. The van der Waals surface area contributed by atoms with Gasteiger partial charge in [0.15, 0.2) is 11.5 Å². The van der Waals surface area contributed by atoms with E-state index in [1.54, 1.807) is 38.1 Å². The third kappa shape index (κ3) is 4.84. The van der Waals surface area contributed by atoms with Crippen molar-refractivity contribution in [3.05, 3.63) is 53.1 Å². The molecule has 1 aliphatic rings. The van der Waals surface area contributed by atoms with Crippen LogP contribution in [0.25, 0.3) is 0 Å². The summed E-state index contributed by atoms with van der Waals surface area (Å²) in [6.45, 7) is 4.52. The Morgan fingerprint density at radius 1 is 1.03 bits per heavy atom. The molecule has 2 amide bonds. The highest BCUT2D eigenvalue weighted by Crippen LogP contribution is 2.32. The molecule has 0 aliphatic carbocycles. The molecule has 2 aromatic carbocycles. The normalized spacial score (nSPS) is 12.2. The largest absolute Gasteiger partial charge is 0.486 e. The number of carboxylic acids is 1. The molecule has 0 bridgehead atoms. The maximum Gasteiger partial charge on any atom is 0.335 e. The highest BCUT2D eigenvalue weighted by Gasteiger charge is 2.20. The first-order valence-electron chi connectivity index (χ1n) is 9.21. The molecule has 0 radical (unpaired) electrons. The van der Waals surface area contributed by atoms with Gasteiger partial charge in [-0.1, -0.05) is 0 Å². The lowest BCUT2D eigenvalue weighted by atomic mass is 10.1. The van der Waals surface area contributed by atoms with Gasteiger partial charge in [0.05, 0.1) is 5.56 Å². The van der Waals surface area contributed by atoms with E-state index in [9.17, 15) is 19.5 Å². The summed E-state index contributed by atoms with van der Waals surface area (Å²) in [5.74, 6) is -0.715. The molecule has 2 N–H and O–H groups in total. The number of hydrogen-bond acceptors (Lipinski definition) is 5. The van der Waals surface area contributed by atoms with Crippen molar-refractivity contribution in [2.45, 2.75) is 13.8 Å². The second kappa shape index (κ2) is 8.64. The fourth-order valence-electron chi connectivity index (χ4n) is 3.03. The molecule has 1 aliphatic heterocycles. The first-order chi connectivity index (χ1) is 13.9. The predicted octanol–water partition coefficient (Wildman–Crippen LogP) is 2.57. The van der Waals surface area contributed by atoms with Gasteiger partial charge in [0, 0.05) is 23.9 Å². The molecule has 8 heteroatoms. The zero-order valence-electron chi connectivity index (χ0n) is 16.2. The van der Waals surface area contributed by atoms with Crippen LogP contribution in [-0.2, 0) is 4.79 Å². The van der Waals surface area contributed by atoms with Gasteiger partial charge in [-0.15, -0.1) is 0 Å². The molecule has 0 atom stereocenters. The number of ether oxygens (including phenoxy) is 2. The predicted molar refractivity (Wildman–Crippen MR) is 106 cm³/mol. The number of anilines is 1. The molecule has 1 heterocycles. The monoisotopic (exact) mass is 398 g/mol. The summed E-state index contributed by atoms with van der Waals surface area (Å²) in [4.78, 5) is 37.9. The lowest BCUT2D eigenvalue weighted by Gasteiger charge is -2.22. The van der Waals surface area contributed by atoms with Crippen molar-refractivity contribution in [3.8, 4) is 11.5 Å². The van der Waals surface area contributed by atoms with Crippen LogP contribution in [0.3, 0.4) is 0 Å². The minimum atomic E-state index is -1.11. The Labute approximate surface area is 168 Å². The lowest BCUT2D eigenvalue weighted by Crippen LogP contribution is -2.38. The van der Waals surface area contributed by atoms with Crippen LogP contribution in [0.1, 0.15) is 33.2 Å². The molecule has 0 saturated heterocycles. The second-order valence-electron chi connectivity index (χ2n) is 6.62. The molecule has 2 aromatic rings. The van der Waals surface area contributed by atoms with Gasteiger partial charge in [0.25, 0.3) is 5.91 Å². The number of likely N-dealkylation sites (N-methyl/N-ethyl adjacent to an activating group) is 1. The summed E-state index contributed by atoms with van der Waals surface area (Å²) in [5, 5.41) is 11.9. The molecule has 0 spiro atoms. The summed E-state index contributed by atoms with van der Waals surface area (Å²) < 4.78 is 10.9. The van der Waals surface area contributed by atoms with E-state index in [0.717, 1.165) is 0 Å². The van der Waals surface area contributed by atoms with Crippen LogP contribution in [0.2, 0.25) is 0 Å². The molecule has 0 fully saturated rings. The van der Waals surface area contributed by atoms with Crippen LogP contribution in [0, 0.1) is 6.92 Å². The van der Waals surface area contributed by atoms with Gasteiger partial charge in [0.2, 0.25) is 5.91 Å². The minimum absolute atomic E-state index is 0.0325. The van der Waals surface area contributed by atoms with E-state index in [2.05, 4.69) is 5.32 Å². The van der Waals surface area contributed by atoms with Gasteiger partial charge in [-0.2, -0.15) is 0 Å². The average Bonchev–Trinajstić information content (AvgIpc) is 2.71. The summed E-state index contributed by atoms with van der Waals surface area (Å²) in [6.07, 6.45) is 0. The van der Waals surface area contributed by atoms with Gasteiger partial charge in [0.1, 0.15) is 19.8 Å². The number of aromatic carboxylic acids is 1. The minimum Gasteiger partial charge on any atom is -0.486 e. The maximum absolute atomic E-state index is 12.8. The van der Waals surface area contributed by atoms with Crippen molar-refractivity contribution in [1.29, 1.82) is 0 Å². The maximum atomic E-state index is 12.8. The van der Waals surface area contributed by atoms with E-state index >= 15 is 0 Å². The zero-order chi connectivity index (χ0) is 21.0. The Hall–Kier alpha value is -3.55. The Morgan fingerprint density at radius 3 is 2.41 bits per heavy atom. The van der Waals surface area contributed by atoms with E-state index in [1.807, 2.05) is 0 Å². The summed E-state index contributed by atoms with van der Waals surface area (Å²) in [5.41, 5.74) is 1.46. The molecule has 0 unspecified atom stereocenters. The van der Waals surface area contributed by atoms with Crippen LogP contribution >= 0.6 is 0 Å². The van der Waals surface area contributed by atoms with Crippen molar-refractivity contribution in [2.24, 2.45) is 0 Å². The van der Waals surface area contributed by atoms with Gasteiger partial charge in [-0.25, -0.2) is 4.79 Å². The number of nitrogens with one attached hydrogen (secondary N) is 1. The fraction of sp³-hybridized carbons (Fsp3) is 0.286. The number of carbonyl (C=O) groups is 3. The number of hydrogen-bond donors (Lipinski definition) is 2. The summed E-state index contributed by atoms with van der Waals surface area (Å²) in [6, 6.07) is 9.50. The third-order valence-corrected chi connectivity index (χ3v) is 4.40. The molecule has 0 aromatic heterocycles. The van der Waals surface area contributed by atoms with Crippen molar-refractivity contribution in [3.63, 3.8) is 0 Å². The van der Waals surface area contributed by atoms with Gasteiger partial charge in [-0.3, -0.25) is 9.59 Å². The molecular formula is C21H22N2O6. The van der Waals surface area contributed by atoms with Crippen LogP contribution in [0.5, 0.6) is 11.5 Å². The molecule has 0 saturated carbocycles. The number of aryl methyl sites for hydroxylation is 1. The number of nitrogens with zero attached hydrogens (tertiary/aromatic N) is 1.